The fraction of sp³-hybridized carbons (Fsp3) is 1.00. The predicted molar refractivity (Wildman–Crippen MR) is 85.5 cm³/mol. The van der Waals surface area contributed by atoms with Crippen LogP contribution in [0.4, 0.5) is 0 Å². The van der Waals surface area contributed by atoms with Gasteiger partial charge in [0.15, 0.2) is 0 Å². The van der Waals surface area contributed by atoms with Crippen LogP contribution in [0.15, 0.2) is 0 Å². The lowest BCUT2D eigenvalue weighted by Crippen LogP contribution is -2.27. The average molecular weight is 271 g/mol. The highest BCUT2D eigenvalue weighted by atomic mass is 16.5. The number of hydrogen-bond donors (Lipinski definition) is 0. The molecule has 0 aromatic carbocycles. The molecule has 0 aromatic heterocycles. The Labute approximate surface area is 121 Å². The van der Waals surface area contributed by atoms with Gasteiger partial charge in [0.2, 0.25) is 0 Å². The van der Waals surface area contributed by atoms with E-state index in [0.717, 1.165) is 31.6 Å². The predicted octanol–water partition coefficient (Wildman–Crippen LogP) is 4.16. The van der Waals surface area contributed by atoms with Crippen molar-refractivity contribution in [3.05, 3.63) is 0 Å². The van der Waals surface area contributed by atoms with E-state index >= 15 is 0 Å². The standard InChI is InChI=1S/C17H37NO/c1-13(2)9-17(14(3)4)12-19-11-16(6)15(5)10-18(7)8/h13-17H,9-12H2,1-8H3. The van der Waals surface area contributed by atoms with E-state index in [0.29, 0.717) is 17.8 Å². The fourth-order valence-corrected chi connectivity index (χ4v) is 2.46. The van der Waals surface area contributed by atoms with Crippen LogP contribution >= 0.6 is 0 Å². The molecular weight excluding hydrogens is 234 g/mol. The molecule has 0 aliphatic carbocycles. The number of rotatable bonds is 10. The van der Waals surface area contributed by atoms with Crippen LogP contribution < -0.4 is 0 Å². The molecule has 0 bridgehead atoms. The van der Waals surface area contributed by atoms with Crippen LogP contribution in [0.3, 0.4) is 0 Å². The van der Waals surface area contributed by atoms with Crippen molar-refractivity contribution in [3.8, 4) is 0 Å². The van der Waals surface area contributed by atoms with Gasteiger partial charge in [-0.05, 0) is 50.1 Å². The van der Waals surface area contributed by atoms with Crippen LogP contribution in [0, 0.1) is 29.6 Å². The Hall–Kier alpha value is -0.0800. The number of nitrogens with zero attached hydrogens (tertiary/aromatic N) is 1. The number of ether oxygens (including phenoxy) is 1. The van der Waals surface area contributed by atoms with Crippen LogP contribution in [0.2, 0.25) is 0 Å². The molecule has 0 saturated heterocycles. The Bertz CT molecular complexity index is 213. The highest BCUT2D eigenvalue weighted by molar-refractivity contribution is 4.67. The molecule has 0 heterocycles. The summed E-state index contributed by atoms with van der Waals surface area (Å²) < 4.78 is 6.00. The first-order valence-corrected chi connectivity index (χ1v) is 7.96. The van der Waals surface area contributed by atoms with Gasteiger partial charge in [0.05, 0.1) is 0 Å². The van der Waals surface area contributed by atoms with Crippen molar-refractivity contribution >= 4 is 0 Å². The second-order valence-electron chi connectivity index (χ2n) is 7.39. The van der Waals surface area contributed by atoms with E-state index in [9.17, 15) is 0 Å². The molecular formula is C17H37NO. The van der Waals surface area contributed by atoms with Gasteiger partial charge in [-0.3, -0.25) is 0 Å². The van der Waals surface area contributed by atoms with Crippen LogP contribution in [0.25, 0.3) is 0 Å². The van der Waals surface area contributed by atoms with E-state index < -0.39 is 0 Å². The van der Waals surface area contributed by atoms with E-state index in [1.807, 2.05) is 0 Å². The lowest BCUT2D eigenvalue weighted by molar-refractivity contribution is 0.0404. The maximum absolute atomic E-state index is 6.00. The van der Waals surface area contributed by atoms with Crippen molar-refractivity contribution in [2.24, 2.45) is 29.6 Å². The molecule has 0 saturated carbocycles. The van der Waals surface area contributed by atoms with Crippen LogP contribution in [-0.4, -0.2) is 38.8 Å². The third kappa shape index (κ3) is 9.45. The third-order valence-electron chi connectivity index (χ3n) is 4.05. The third-order valence-corrected chi connectivity index (χ3v) is 4.05. The Kier molecular flexibility index (Phi) is 9.72. The van der Waals surface area contributed by atoms with Gasteiger partial charge in [-0.2, -0.15) is 0 Å². The first kappa shape index (κ1) is 18.9. The Morgan fingerprint density at radius 3 is 1.84 bits per heavy atom. The first-order valence-electron chi connectivity index (χ1n) is 7.96. The van der Waals surface area contributed by atoms with Gasteiger partial charge >= 0.3 is 0 Å². The quantitative estimate of drug-likeness (QED) is 0.592. The van der Waals surface area contributed by atoms with E-state index in [1.54, 1.807) is 0 Å². The summed E-state index contributed by atoms with van der Waals surface area (Å²) in [7, 11) is 4.28. The van der Waals surface area contributed by atoms with Crippen LogP contribution in [0.5, 0.6) is 0 Å². The summed E-state index contributed by atoms with van der Waals surface area (Å²) in [6.07, 6.45) is 1.28. The molecule has 116 valence electrons. The normalized spacial score (nSPS) is 17.2. The molecule has 2 heteroatoms. The summed E-state index contributed by atoms with van der Waals surface area (Å²) in [6, 6.07) is 0. The minimum atomic E-state index is 0.634. The summed E-state index contributed by atoms with van der Waals surface area (Å²) in [4.78, 5) is 2.26. The summed E-state index contributed by atoms with van der Waals surface area (Å²) in [5.74, 6) is 3.52. The molecule has 0 aliphatic rings. The van der Waals surface area contributed by atoms with Crippen molar-refractivity contribution in [2.75, 3.05) is 33.9 Å². The Balaban J connectivity index is 3.97. The minimum Gasteiger partial charge on any atom is -0.381 e. The van der Waals surface area contributed by atoms with Gasteiger partial charge < -0.3 is 9.64 Å². The molecule has 0 fully saturated rings. The van der Waals surface area contributed by atoms with Crippen LogP contribution in [0.1, 0.15) is 48.0 Å². The molecule has 0 amide bonds. The molecule has 3 atom stereocenters. The summed E-state index contributed by atoms with van der Waals surface area (Å²) in [5, 5.41) is 0. The monoisotopic (exact) mass is 271 g/mol. The molecule has 0 N–H and O–H groups in total. The highest BCUT2D eigenvalue weighted by Crippen LogP contribution is 2.21. The zero-order chi connectivity index (χ0) is 15.0. The van der Waals surface area contributed by atoms with E-state index in [1.165, 1.54) is 6.42 Å². The molecule has 19 heavy (non-hydrogen) atoms. The van der Waals surface area contributed by atoms with Crippen LogP contribution in [-0.2, 0) is 4.74 Å². The molecule has 0 radical (unpaired) electrons. The molecule has 0 rings (SSSR count). The molecule has 2 nitrogen and oxygen atoms in total. The van der Waals surface area contributed by atoms with Gasteiger partial charge in [-0.15, -0.1) is 0 Å². The fourth-order valence-electron chi connectivity index (χ4n) is 2.46. The topological polar surface area (TPSA) is 12.5 Å². The maximum atomic E-state index is 6.00. The number of hydrogen-bond acceptors (Lipinski definition) is 2. The SMILES string of the molecule is CC(C)CC(COCC(C)C(C)CN(C)C)C(C)C. The second-order valence-corrected chi connectivity index (χ2v) is 7.39. The minimum absolute atomic E-state index is 0.634. The van der Waals surface area contributed by atoms with Crippen molar-refractivity contribution < 1.29 is 4.74 Å². The lowest BCUT2D eigenvalue weighted by atomic mass is 9.88. The van der Waals surface area contributed by atoms with Gasteiger partial charge in [0.25, 0.3) is 0 Å². The van der Waals surface area contributed by atoms with Crippen molar-refractivity contribution in [3.63, 3.8) is 0 Å². The second kappa shape index (κ2) is 9.77. The van der Waals surface area contributed by atoms with Crippen molar-refractivity contribution in [2.45, 2.75) is 48.0 Å². The van der Waals surface area contributed by atoms with Gasteiger partial charge in [0.1, 0.15) is 0 Å². The smallest absolute Gasteiger partial charge is 0.0496 e. The largest absolute Gasteiger partial charge is 0.381 e. The zero-order valence-electron chi connectivity index (χ0n) is 14.6. The van der Waals surface area contributed by atoms with E-state index in [-0.39, 0.29) is 0 Å². The first-order chi connectivity index (χ1) is 8.73. The lowest BCUT2D eigenvalue weighted by Gasteiger charge is -2.26. The summed E-state index contributed by atoms with van der Waals surface area (Å²) in [6.45, 7) is 16.8. The zero-order valence-corrected chi connectivity index (χ0v) is 14.6. The van der Waals surface area contributed by atoms with Gasteiger partial charge in [0, 0.05) is 19.8 Å². The van der Waals surface area contributed by atoms with Crippen molar-refractivity contribution in [1.29, 1.82) is 0 Å². The Morgan fingerprint density at radius 1 is 0.842 bits per heavy atom. The van der Waals surface area contributed by atoms with Crippen molar-refractivity contribution in [1.82, 2.24) is 4.90 Å². The highest BCUT2D eigenvalue weighted by Gasteiger charge is 2.17. The van der Waals surface area contributed by atoms with Gasteiger partial charge in [-0.1, -0.05) is 41.5 Å². The molecule has 0 spiro atoms. The maximum Gasteiger partial charge on any atom is 0.0496 e. The van der Waals surface area contributed by atoms with E-state index in [4.69, 9.17) is 4.74 Å². The molecule has 0 aromatic rings. The van der Waals surface area contributed by atoms with E-state index in [2.05, 4.69) is 60.5 Å². The summed E-state index contributed by atoms with van der Waals surface area (Å²) in [5.41, 5.74) is 0. The van der Waals surface area contributed by atoms with Gasteiger partial charge in [-0.25, -0.2) is 0 Å². The summed E-state index contributed by atoms with van der Waals surface area (Å²) >= 11 is 0. The average Bonchev–Trinajstić information content (AvgIpc) is 2.25. The Morgan fingerprint density at radius 2 is 1.42 bits per heavy atom. The molecule has 0 aliphatic heterocycles. The molecule has 3 unspecified atom stereocenters.